The standard InChI is InChI=1S/C22H18F3N7O3S/c23-22(24,25)15-3-1-2-13(10-15)12-36(34,35)32-16-6-4-14(5-7-16)19-18(20(26)33)21(31-30-19)29-17-11-27-8-9-28-17/h1-11,32H,12H2,(H2,26,33)(H2,28,29,30,31). The first-order chi connectivity index (χ1) is 17.0. The maximum Gasteiger partial charge on any atom is 0.416 e. The first-order valence-electron chi connectivity index (χ1n) is 10.2. The van der Waals surface area contributed by atoms with Crippen LogP contribution in [0.1, 0.15) is 21.5 Å². The smallest absolute Gasteiger partial charge is 0.365 e. The van der Waals surface area contributed by atoms with Crippen molar-refractivity contribution in [2.24, 2.45) is 5.73 Å². The van der Waals surface area contributed by atoms with Crippen molar-refractivity contribution in [2.75, 3.05) is 10.0 Å². The van der Waals surface area contributed by atoms with E-state index in [9.17, 15) is 26.4 Å². The minimum Gasteiger partial charge on any atom is -0.365 e. The number of carbonyl (C=O) groups excluding carboxylic acids is 1. The van der Waals surface area contributed by atoms with Crippen LogP contribution in [0.4, 0.5) is 30.5 Å². The molecular formula is C22H18F3N7O3S. The molecule has 2 aromatic heterocycles. The molecule has 2 heterocycles. The molecule has 0 radical (unpaired) electrons. The van der Waals surface area contributed by atoms with E-state index in [-0.39, 0.29) is 28.3 Å². The molecule has 14 heteroatoms. The summed E-state index contributed by atoms with van der Waals surface area (Å²) >= 11 is 0. The van der Waals surface area contributed by atoms with E-state index in [2.05, 4.69) is 30.2 Å². The quantitative estimate of drug-likeness (QED) is 0.278. The molecule has 4 rings (SSSR count). The molecule has 2 aromatic carbocycles. The molecule has 1 amide bonds. The molecule has 0 saturated heterocycles. The Hall–Kier alpha value is -4.46. The van der Waals surface area contributed by atoms with Crippen molar-refractivity contribution in [3.8, 4) is 11.3 Å². The number of amides is 1. The van der Waals surface area contributed by atoms with Gasteiger partial charge in [-0.2, -0.15) is 18.3 Å². The number of rotatable bonds is 8. The SMILES string of the molecule is NC(=O)c1c(Nc2cnccn2)n[nH]c1-c1ccc(NS(=O)(=O)Cc2cccc(C(F)(F)F)c2)cc1. The van der Waals surface area contributed by atoms with Crippen LogP contribution >= 0.6 is 0 Å². The Labute approximate surface area is 202 Å². The number of nitrogens with one attached hydrogen (secondary N) is 3. The van der Waals surface area contributed by atoms with Crippen LogP contribution in [-0.2, 0) is 22.0 Å². The van der Waals surface area contributed by atoms with Gasteiger partial charge in [0.2, 0.25) is 10.0 Å². The number of benzene rings is 2. The number of hydrogen-bond acceptors (Lipinski definition) is 7. The summed E-state index contributed by atoms with van der Waals surface area (Å²) < 4.78 is 66.1. The normalized spacial score (nSPS) is 11.8. The van der Waals surface area contributed by atoms with Gasteiger partial charge in [-0.1, -0.05) is 30.3 Å². The van der Waals surface area contributed by atoms with Crippen LogP contribution in [0, 0.1) is 0 Å². The van der Waals surface area contributed by atoms with Crippen molar-refractivity contribution in [1.82, 2.24) is 20.2 Å². The summed E-state index contributed by atoms with van der Waals surface area (Å²) in [6, 6.07) is 10.0. The summed E-state index contributed by atoms with van der Waals surface area (Å²) in [5.41, 5.74) is 5.58. The molecule has 186 valence electrons. The first kappa shape index (κ1) is 24.7. The van der Waals surface area contributed by atoms with Gasteiger partial charge in [0.15, 0.2) is 5.82 Å². The lowest BCUT2D eigenvalue weighted by atomic mass is 10.1. The lowest BCUT2D eigenvalue weighted by Crippen LogP contribution is -2.16. The second-order valence-corrected chi connectivity index (χ2v) is 9.26. The molecule has 0 atom stereocenters. The number of sulfonamides is 1. The topological polar surface area (TPSA) is 156 Å². The number of nitrogens with two attached hydrogens (primary N) is 1. The number of nitrogens with zero attached hydrogens (tertiary/aromatic N) is 3. The van der Waals surface area contributed by atoms with Crippen LogP contribution in [0.15, 0.2) is 67.1 Å². The summed E-state index contributed by atoms with van der Waals surface area (Å²) in [7, 11) is -4.01. The number of alkyl halides is 3. The molecule has 0 aliphatic carbocycles. The van der Waals surface area contributed by atoms with Crippen molar-refractivity contribution < 1.29 is 26.4 Å². The number of aromatic nitrogens is 4. The minimum atomic E-state index is -4.58. The molecular weight excluding hydrogens is 499 g/mol. The van der Waals surface area contributed by atoms with Crippen molar-refractivity contribution >= 4 is 33.3 Å². The van der Waals surface area contributed by atoms with Crippen LogP contribution in [-0.4, -0.2) is 34.5 Å². The highest BCUT2D eigenvalue weighted by Crippen LogP contribution is 2.31. The zero-order chi connectivity index (χ0) is 25.9. The van der Waals surface area contributed by atoms with Gasteiger partial charge in [0, 0.05) is 23.6 Å². The first-order valence-corrected chi connectivity index (χ1v) is 11.9. The van der Waals surface area contributed by atoms with Gasteiger partial charge in [0.25, 0.3) is 5.91 Å². The van der Waals surface area contributed by atoms with Crippen LogP contribution in [0.2, 0.25) is 0 Å². The Morgan fingerprint density at radius 1 is 1.08 bits per heavy atom. The number of hydrogen-bond donors (Lipinski definition) is 4. The Morgan fingerprint density at radius 2 is 1.83 bits per heavy atom. The molecule has 0 unspecified atom stereocenters. The van der Waals surface area contributed by atoms with E-state index in [1.807, 2.05) is 0 Å². The second kappa shape index (κ2) is 9.65. The molecule has 5 N–H and O–H groups in total. The van der Waals surface area contributed by atoms with Gasteiger partial charge < -0.3 is 11.1 Å². The van der Waals surface area contributed by atoms with E-state index in [0.717, 1.165) is 18.2 Å². The summed E-state index contributed by atoms with van der Waals surface area (Å²) in [6.45, 7) is 0. The lowest BCUT2D eigenvalue weighted by molar-refractivity contribution is -0.137. The van der Waals surface area contributed by atoms with Crippen molar-refractivity contribution in [3.05, 3.63) is 83.8 Å². The second-order valence-electron chi connectivity index (χ2n) is 7.54. The van der Waals surface area contributed by atoms with Gasteiger partial charge >= 0.3 is 6.18 Å². The molecule has 10 nitrogen and oxygen atoms in total. The molecule has 4 aromatic rings. The summed E-state index contributed by atoms with van der Waals surface area (Å²) in [5, 5.41) is 9.63. The zero-order valence-electron chi connectivity index (χ0n) is 18.2. The number of anilines is 3. The van der Waals surface area contributed by atoms with E-state index in [1.165, 1.54) is 48.9 Å². The molecule has 0 spiro atoms. The van der Waals surface area contributed by atoms with E-state index in [4.69, 9.17) is 5.73 Å². The van der Waals surface area contributed by atoms with Crippen molar-refractivity contribution in [1.29, 1.82) is 0 Å². The van der Waals surface area contributed by atoms with Crippen LogP contribution in [0.3, 0.4) is 0 Å². The predicted octanol–water partition coefficient (Wildman–Crippen LogP) is 3.67. The van der Waals surface area contributed by atoms with Gasteiger partial charge in [0.1, 0.15) is 11.4 Å². The monoisotopic (exact) mass is 517 g/mol. The third-order valence-electron chi connectivity index (χ3n) is 4.88. The number of carbonyl (C=O) groups is 1. The summed E-state index contributed by atoms with van der Waals surface area (Å²) in [6.07, 6.45) is -0.221. The lowest BCUT2D eigenvalue weighted by Gasteiger charge is -2.11. The Balaban J connectivity index is 1.52. The fraction of sp³-hybridized carbons (Fsp3) is 0.0909. The Kier molecular flexibility index (Phi) is 6.61. The number of H-pyrrole nitrogens is 1. The van der Waals surface area contributed by atoms with E-state index < -0.39 is 33.4 Å². The average molecular weight is 517 g/mol. The average Bonchev–Trinajstić information content (AvgIpc) is 3.23. The van der Waals surface area contributed by atoms with Crippen LogP contribution in [0.5, 0.6) is 0 Å². The Morgan fingerprint density at radius 3 is 2.47 bits per heavy atom. The largest absolute Gasteiger partial charge is 0.416 e. The van der Waals surface area contributed by atoms with E-state index >= 15 is 0 Å². The fourth-order valence-corrected chi connectivity index (χ4v) is 4.53. The molecule has 0 fully saturated rings. The Bertz CT molecular complexity index is 1490. The van der Waals surface area contributed by atoms with Crippen molar-refractivity contribution in [2.45, 2.75) is 11.9 Å². The van der Waals surface area contributed by atoms with Gasteiger partial charge in [-0.25, -0.2) is 13.4 Å². The van der Waals surface area contributed by atoms with E-state index in [1.54, 1.807) is 0 Å². The number of halogens is 3. The maximum absolute atomic E-state index is 12.9. The van der Waals surface area contributed by atoms with Gasteiger partial charge in [0.05, 0.1) is 23.2 Å². The molecule has 0 aliphatic rings. The number of aromatic amines is 1. The molecule has 0 bridgehead atoms. The predicted molar refractivity (Wildman–Crippen MR) is 126 cm³/mol. The van der Waals surface area contributed by atoms with Crippen LogP contribution < -0.4 is 15.8 Å². The zero-order valence-corrected chi connectivity index (χ0v) is 19.1. The van der Waals surface area contributed by atoms with Crippen LogP contribution in [0.25, 0.3) is 11.3 Å². The summed E-state index contributed by atoms with van der Waals surface area (Å²) in [5.74, 6) is -0.953. The molecule has 0 aliphatic heterocycles. The molecule has 0 saturated carbocycles. The van der Waals surface area contributed by atoms with E-state index in [0.29, 0.717) is 11.4 Å². The maximum atomic E-state index is 12.9. The molecule has 36 heavy (non-hydrogen) atoms. The third kappa shape index (κ3) is 5.78. The third-order valence-corrected chi connectivity index (χ3v) is 6.14. The van der Waals surface area contributed by atoms with Crippen molar-refractivity contribution in [3.63, 3.8) is 0 Å². The number of primary amides is 1. The summed E-state index contributed by atoms with van der Waals surface area (Å²) in [4.78, 5) is 20.1. The highest BCUT2D eigenvalue weighted by atomic mass is 32.2. The fourth-order valence-electron chi connectivity index (χ4n) is 3.34. The highest BCUT2D eigenvalue weighted by Gasteiger charge is 2.30. The highest BCUT2D eigenvalue weighted by molar-refractivity contribution is 7.91. The minimum absolute atomic E-state index is 0.0133. The van der Waals surface area contributed by atoms with Gasteiger partial charge in [-0.3, -0.25) is 19.6 Å². The van der Waals surface area contributed by atoms with Gasteiger partial charge in [-0.05, 0) is 23.8 Å². The van der Waals surface area contributed by atoms with Gasteiger partial charge in [-0.15, -0.1) is 0 Å².